The Hall–Kier alpha value is -1.79. The lowest BCUT2D eigenvalue weighted by atomic mass is 9.83. The van der Waals surface area contributed by atoms with Crippen LogP contribution in [0, 0.1) is 17.8 Å². The van der Waals surface area contributed by atoms with Gasteiger partial charge in [0.1, 0.15) is 0 Å². The standard InChI is InChI=1S/C16H20N2O/c17-10-4-9-14-7-1-2-8-15(14)12-18-16(19)11-13-5-3-6-13/h1-2,7-8,13H,3,5-6,10-12,17H2,(H,18,19). The highest BCUT2D eigenvalue weighted by Gasteiger charge is 2.20. The van der Waals surface area contributed by atoms with Gasteiger partial charge in [-0.25, -0.2) is 0 Å². The zero-order valence-corrected chi connectivity index (χ0v) is 11.1. The molecule has 19 heavy (non-hydrogen) atoms. The summed E-state index contributed by atoms with van der Waals surface area (Å²) in [5.41, 5.74) is 7.37. The summed E-state index contributed by atoms with van der Waals surface area (Å²) in [7, 11) is 0. The van der Waals surface area contributed by atoms with Gasteiger partial charge in [0.15, 0.2) is 0 Å². The lowest BCUT2D eigenvalue weighted by molar-refractivity contribution is -0.122. The lowest BCUT2D eigenvalue weighted by Crippen LogP contribution is -2.27. The van der Waals surface area contributed by atoms with Gasteiger partial charge in [-0.05, 0) is 30.4 Å². The Bertz CT molecular complexity index is 495. The van der Waals surface area contributed by atoms with Gasteiger partial charge in [0.2, 0.25) is 5.91 Å². The summed E-state index contributed by atoms with van der Waals surface area (Å²) in [5, 5.41) is 2.98. The van der Waals surface area contributed by atoms with Gasteiger partial charge < -0.3 is 11.1 Å². The van der Waals surface area contributed by atoms with Crippen molar-refractivity contribution in [2.75, 3.05) is 6.54 Å². The van der Waals surface area contributed by atoms with Gasteiger partial charge in [-0.1, -0.05) is 36.5 Å². The summed E-state index contributed by atoms with van der Waals surface area (Å²) in [4.78, 5) is 11.8. The predicted molar refractivity (Wildman–Crippen MR) is 76.2 cm³/mol. The molecule has 3 nitrogen and oxygen atoms in total. The van der Waals surface area contributed by atoms with Crippen molar-refractivity contribution in [3.05, 3.63) is 35.4 Å². The molecule has 0 atom stereocenters. The maximum atomic E-state index is 11.8. The van der Waals surface area contributed by atoms with E-state index in [4.69, 9.17) is 5.73 Å². The van der Waals surface area contributed by atoms with E-state index < -0.39 is 0 Å². The zero-order valence-electron chi connectivity index (χ0n) is 11.1. The molecule has 3 N–H and O–H groups in total. The van der Waals surface area contributed by atoms with Crippen molar-refractivity contribution in [3.8, 4) is 11.8 Å². The first-order valence-electron chi connectivity index (χ1n) is 6.83. The van der Waals surface area contributed by atoms with E-state index in [0.717, 1.165) is 11.1 Å². The molecule has 100 valence electrons. The first kappa shape index (κ1) is 13.6. The van der Waals surface area contributed by atoms with E-state index in [1.165, 1.54) is 19.3 Å². The Balaban J connectivity index is 1.89. The molecule has 0 aliphatic heterocycles. The number of hydrogen-bond acceptors (Lipinski definition) is 2. The Morgan fingerprint density at radius 1 is 1.37 bits per heavy atom. The number of benzene rings is 1. The van der Waals surface area contributed by atoms with Crippen LogP contribution in [0.15, 0.2) is 24.3 Å². The molecule has 3 heteroatoms. The van der Waals surface area contributed by atoms with Gasteiger partial charge in [0.25, 0.3) is 0 Å². The van der Waals surface area contributed by atoms with E-state index in [-0.39, 0.29) is 5.91 Å². The number of nitrogens with two attached hydrogens (primary N) is 1. The molecule has 0 heterocycles. The lowest BCUT2D eigenvalue weighted by Gasteiger charge is -2.24. The van der Waals surface area contributed by atoms with Crippen LogP contribution in [0.1, 0.15) is 36.8 Å². The van der Waals surface area contributed by atoms with Crippen molar-refractivity contribution in [1.29, 1.82) is 0 Å². The van der Waals surface area contributed by atoms with Crippen LogP contribution in [0.3, 0.4) is 0 Å². The summed E-state index contributed by atoms with van der Waals surface area (Å²) in [6.45, 7) is 0.892. The molecule has 2 rings (SSSR count). The van der Waals surface area contributed by atoms with Crippen LogP contribution in [-0.2, 0) is 11.3 Å². The van der Waals surface area contributed by atoms with E-state index in [1.807, 2.05) is 24.3 Å². The number of carbonyl (C=O) groups is 1. The Kier molecular flexibility index (Phi) is 5.00. The third-order valence-electron chi connectivity index (χ3n) is 3.52. The largest absolute Gasteiger partial charge is 0.352 e. The van der Waals surface area contributed by atoms with Gasteiger partial charge in [0.05, 0.1) is 6.54 Å². The second kappa shape index (κ2) is 6.96. The highest BCUT2D eigenvalue weighted by Crippen LogP contribution is 2.29. The quantitative estimate of drug-likeness (QED) is 0.807. The molecule has 1 aromatic rings. The molecule has 1 fully saturated rings. The molecule has 0 spiro atoms. The van der Waals surface area contributed by atoms with E-state index in [9.17, 15) is 4.79 Å². The van der Waals surface area contributed by atoms with Crippen LogP contribution in [-0.4, -0.2) is 12.5 Å². The fraction of sp³-hybridized carbons (Fsp3) is 0.438. The molecule has 1 saturated carbocycles. The van der Waals surface area contributed by atoms with Crippen LogP contribution in [0.2, 0.25) is 0 Å². The Morgan fingerprint density at radius 3 is 2.84 bits per heavy atom. The summed E-state index contributed by atoms with van der Waals surface area (Å²) >= 11 is 0. The number of carbonyl (C=O) groups excluding carboxylic acids is 1. The molecule has 0 radical (unpaired) electrons. The van der Waals surface area contributed by atoms with Crippen molar-refractivity contribution in [1.82, 2.24) is 5.32 Å². The number of hydrogen-bond donors (Lipinski definition) is 2. The molecule has 1 aliphatic carbocycles. The second-order valence-corrected chi connectivity index (χ2v) is 4.94. The van der Waals surface area contributed by atoms with Gasteiger partial charge in [-0.2, -0.15) is 0 Å². The molecular formula is C16H20N2O. The van der Waals surface area contributed by atoms with Crippen LogP contribution >= 0.6 is 0 Å². The summed E-state index contributed by atoms with van der Waals surface area (Å²) in [5.74, 6) is 6.63. The topological polar surface area (TPSA) is 55.1 Å². The van der Waals surface area contributed by atoms with E-state index >= 15 is 0 Å². The van der Waals surface area contributed by atoms with E-state index in [0.29, 0.717) is 25.4 Å². The Morgan fingerprint density at radius 2 is 2.16 bits per heavy atom. The highest BCUT2D eigenvalue weighted by atomic mass is 16.1. The average Bonchev–Trinajstić information content (AvgIpc) is 2.39. The molecule has 0 aromatic heterocycles. The van der Waals surface area contributed by atoms with Crippen molar-refractivity contribution < 1.29 is 4.79 Å². The molecule has 0 unspecified atom stereocenters. The minimum absolute atomic E-state index is 0.145. The fourth-order valence-corrected chi connectivity index (χ4v) is 2.17. The number of nitrogens with one attached hydrogen (secondary N) is 1. The van der Waals surface area contributed by atoms with Crippen molar-refractivity contribution in [2.45, 2.75) is 32.2 Å². The first-order valence-corrected chi connectivity index (χ1v) is 6.83. The molecule has 1 aliphatic rings. The van der Waals surface area contributed by atoms with Crippen LogP contribution in [0.25, 0.3) is 0 Å². The fourth-order valence-electron chi connectivity index (χ4n) is 2.17. The smallest absolute Gasteiger partial charge is 0.220 e. The molecular weight excluding hydrogens is 236 g/mol. The molecule has 0 bridgehead atoms. The summed E-state index contributed by atoms with van der Waals surface area (Å²) < 4.78 is 0. The normalized spacial score (nSPS) is 14.2. The van der Waals surface area contributed by atoms with Crippen LogP contribution in [0.4, 0.5) is 0 Å². The van der Waals surface area contributed by atoms with Crippen LogP contribution in [0.5, 0.6) is 0 Å². The van der Waals surface area contributed by atoms with Crippen molar-refractivity contribution in [2.24, 2.45) is 11.7 Å². The monoisotopic (exact) mass is 256 g/mol. The minimum Gasteiger partial charge on any atom is -0.352 e. The SMILES string of the molecule is NCC#Cc1ccccc1CNC(=O)CC1CCC1. The number of rotatable bonds is 4. The van der Waals surface area contributed by atoms with Gasteiger partial charge in [0, 0.05) is 18.5 Å². The Labute approximate surface area is 114 Å². The minimum atomic E-state index is 0.145. The van der Waals surface area contributed by atoms with Gasteiger partial charge in [-0.15, -0.1) is 0 Å². The van der Waals surface area contributed by atoms with Crippen molar-refractivity contribution in [3.63, 3.8) is 0 Å². The van der Waals surface area contributed by atoms with E-state index in [2.05, 4.69) is 17.2 Å². The van der Waals surface area contributed by atoms with E-state index in [1.54, 1.807) is 0 Å². The predicted octanol–water partition coefficient (Wildman–Crippen LogP) is 1.80. The van der Waals surface area contributed by atoms with Gasteiger partial charge in [-0.3, -0.25) is 4.79 Å². The third kappa shape index (κ3) is 4.11. The maximum Gasteiger partial charge on any atom is 0.220 e. The average molecular weight is 256 g/mol. The summed E-state index contributed by atoms with van der Waals surface area (Å²) in [6.07, 6.45) is 4.34. The third-order valence-corrected chi connectivity index (χ3v) is 3.52. The summed E-state index contributed by atoms with van der Waals surface area (Å²) in [6, 6.07) is 7.85. The molecule has 1 amide bonds. The first-order chi connectivity index (χ1) is 9.29. The number of amides is 1. The van der Waals surface area contributed by atoms with Crippen LogP contribution < -0.4 is 11.1 Å². The maximum absolute atomic E-state index is 11.8. The molecule has 1 aromatic carbocycles. The van der Waals surface area contributed by atoms with Gasteiger partial charge >= 0.3 is 0 Å². The zero-order chi connectivity index (χ0) is 13.5. The second-order valence-electron chi connectivity index (χ2n) is 4.94. The molecule has 0 saturated heterocycles. The van der Waals surface area contributed by atoms with Crippen molar-refractivity contribution >= 4 is 5.91 Å². The highest BCUT2D eigenvalue weighted by molar-refractivity contribution is 5.76.